The maximum Gasteiger partial charge on any atom is 0.133 e. The van der Waals surface area contributed by atoms with E-state index in [-0.39, 0.29) is 6.04 Å². The highest BCUT2D eigenvalue weighted by Gasteiger charge is 2.15. The molecule has 0 bridgehead atoms. The predicted molar refractivity (Wildman–Crippen MR) is 83.4 cm³/mol. The molecular weight excluding hydrogens is 378 g/mol. The first kappa shape index (κ1) is 14.1. The smallest absolute Gasteiger partial charge is 0.133 e. The average Bonchev–Trinajstić information content (AvgIpc) is 2.77. The number of hydrogen-bond acceptors (Lipinski definition) is 3. The van der Waals surface area contributed by atoms with E-state index in [1.165, 1.54) is 0 Å². The van der Waals surface area contributed by atoms with Crippen molar-refractivity contribution in [3.05, 3.63) is 49.0 Å². The zero-order valence-electron chi connectivity index (χ0n) is 9.82. The molecule has 0 amide bonds. The molecule has 0 saturated carbocycles. The van der Waals surface area contributed by atoms with Gasteiger partial charge in [0, 0.05) is 9.35 Å². The SMILES string of the molecule is CCOc1ccc(C(N)c2sccc2Br)cc1Br. The van der Waals surface area contributed by atoms with Gasteiger partial charge < -0.3 is 10.5 Å². The molecule has 0 aliphatic rings. The van der Waals surface area contributed by atoms with E-state index in [4.69, 9.17) is 10.5 Å². The predicted octanol–water partition coefficient (Wildman–Crippen LogP) is 4.72. The number of halogens is 2. The fourth-order valence-corrected chi connectivity index (χ4v) is 3.82. The first-order chi connectivity index (χ1) is 8.63. The fraction of sp³-hybridized carbons (Fsp3) is 0.231. The van der Waals surface area contributed by atoms with Crippen molar-refractivity contribution >= 4 is 43.2 Å². The van der Waals surface area contributed by atoms with E-state index >= 15 is 0 Å². The molecule has 1 heterocycles. The Balaban J connectivity index is 2.29. The van der Waals surface area contributed by atoms with E-state index in [0.717, 1.165) is 25.1 Å². The Morgan fingerprint density at radius 2 is 2.06 bits per heavy atom. The first-order valence-corrected chi connectivity index (χ1v) is 8.00. The van der Waals surface area contributed by atoms with Crippen LogP contribution in [0.5, 0.6) is 5.75 Å². The van der Waals surface area contributed by atoms with Crippen LogP contribution in [0.15, 0.2) is 38.6 Å². The van der Waals surface area contributed by atoms with Crippen molar-refractivity contribution < 1.29 is 4.74 Å². The summed E-state index contributed by atoms with van der Waals surface area (Å²) in [4.78, 5) is 1.13. The van der Waals surface area contributed by atoms with Crippen LogP contribution in [0.25, 0.3) is 0 Å². The number of benzene rings is 1. The van der Waals surface area contributed by atoms with Gasteiger partial charge in [-0.2, -0.15) is 0 Å². The van der Waals surface area contributed by atoms with Gasteiger partial charge in [0.15, 0.2) is 0 Å². The van der Waals surface area contributed by atoms with E-state index < -0.39 is 0 Å². The molecule has 0 aliphatic heterocycles. The minimum Gasteiger partial charge on any atom is -0.493 e. The van der Waals surface area contributed by atoms with Crippen molar-refractivity contribution in [1.29, 1.82) is 0 Å². The molecule has 2 nitrogen and oxygen atoms in total. The molecule has 1 aromatic heterocycles. The number of thiophene rings is 1. The largest absolute Gasteiger partial charge is 0.493 e. The first-order valence-electron chi connectivity index (χ1n) is 5.54. The molecule has 18 heavy (non-hydrogen) atoms. The summed E-state index contributed by atoms with van der Waals surface area (Å²) in [6, 6.07) is 7.87. The van der Waals surface area contributed by atoms with Gasteiger partial charge in [-0.15, -0.1) is 11.3 Å². The fourth-order valence-electron chi connectivity index (χ4n) is 1.66. The third kappa shape index (κ3) is 2.96. The number of ether oxygens (including phenoxy) is 1. The van der Waals surface area contributed by atoms with Crippen LogP contribution < -0.4 is 10.5 Å². The third-order valence-electron chi connectivity index (χ3n) is 2.54. The molecule has 2 rings (SSSR count). The van der Waals surface area contributed by atoms with Crippen molar-refractivity contribution in [3.8, 4) is 5.75 Å². The lowest BCUT2D eigenvalue weighted by atomic mass is 10.1. The van der Waals surface area contributed by atoms with Crippen LogP contribution >= 0.6 is 43.2 Å². The molecule has 0 radical (unpaired) electrons. The number of rotatable bonds is 4. The lowest BCUT2D eigenvalue weighted by molar-refractivity contribution is 0.338. The second-order valence-electron chi connectivity index (χ2n) is 3.73. The molecule has 1 unspecified atom stereocenters. The van der Waals surface area contributed by atoms with Crippen LogP contribution in [-0.2, 0) is 0 Å². The summed E-state index contributed by atoms with van der Waals surface area (Å²) >= 11 is 8.68. The van der Waals surface area contributed by atoms with Gasteiger partial charge in [-0.25, -0.2) is 0 Å². The summed E-state index contributed by atoms with van der Waals surface area (Å²) in [6.07, 6.45) is 0. The summed E-state index contributed by atoms with van der Waals surface area (Å²) in [5.74, 6) is 0.846. The normalized spacial score (nSPS) is 12.4. The van der Waals surface area contributed by atoms with Crippen LogP contribution in [0, 0.1) is 0 Å². The molecule has 0 spiro atoms. The number of hydrogen-bond donors (Lipinski definition) is 1. The van der Waals surface area contributed by atoms with Crippen molar-refractivity contribution in [2.45, 2.75) is 13.0 Å². The van der Waals surface area contributed by atoms with Gasteiger partial charge in [-0.3, -0.25) is 0 Å². The Hall–Kier alpha value is -0.360. The molecule has 1 atom stereocenters. The van der Waals surface area contributed by atoms with E-state index in [1.54, 1.807) is 11.3 Å². The van der Waals surface area contributed by atoms with Gasteiger partial charge in [0.2, 0.25) is 0 Å². The standard InChI is InChI=1S/C13H13Br2NOS/c1-2-17-11-4-3-8(7-10(11)15)12(16)13-9(14)5-6-18-13/h3-7,12H,2,16H2,1H3. The molecule has 2 N–H and O–H groups in total. The van der Waals surface area contributed by atoms with Crippen LogP contribution in [-0.4, -0.2) is 6.61 Å². The van der Waals surface area contributed by atoms with E-state index in [9.17, 15) is 0 Å². The van der Waals surface area contributed by atoms with Crippen LogP contribution in [0.1, 0.15) is 23.4 Å². The van der Waals surface area contributed by atoms with Gasteiger partial charge in [-0.1, -0.05) is 6.07 Å². The summed E-state index contributed by atoms with van der Waals surface area (Å²) in [6.45, 7) is 2.62. The lowest BCUT2D eigenvalue weighted by Crippen LogP contribution is -2.10. The van der Waals surface area contributed by atoms with Gasteiger partial charge >= 0.3 is 0 Å². The minimum absolute atomic E-state index is 0.119. The molecule has 2 aromatic rings. The highest BCUT2D eigenvalue weighted by atomic mass is 79.9. The second-order valence-corrected chi connectivity index (χ2v) is 6.39. The highest BCUT2D eigenvalue weighted by molar-refractivity contribution is 9.10. The Labute approximate surface area is 127 Å². The van der Waals surface area contributed by atoms with Crippen molar-refractivity contribution in [1.82, 2.24) is 0 Å². The Morgan fingerprint density at radius 1 is 1.28 bits per heavy atom. The molecular formula is C13H13Br2NOS. The summed E-state index contributed by atoms with van der Waals surface area (Å²) in [5, 5.41) is 2.03. The van der Waals surface area contributed by atoms with E-state index in [2.05, 4.69) is 31.9 Å². The Morgan fingerprint density at radius 3 is 2.61 bits per heavy atom. The maximum atomic E-state index is 6.27. The highest BCUT2D eigenvalue weighted by Crippen LogP contribution is 2.34. The minimum atomic E-state index is -0.119. The van der Waals surface area contributed by atoms with Crippen molar-refractivity contribution in [3.63, 3.8) is 0 Å². The van der Waals surface area contributed by atoms with Gasteiger partial charge in [-0.05, 0) is 67.9 Å². The van der Waals surface area contributed by atoms with Gasteiger partial charge in [0.05, 0.1) is 17.1 Å². The molecule has 0 saturated heterocycles. The zero-order chi connectivity index (χ0) is 13.1. The second kappa shape index (κ2) is 6.19. The summed E-state index contributed by atoms with van der Waals surface area (Å²) in [5.41, 5.74) is 7.34. The lowest BCUT2D eigenvalue weighted by Gasteiger charge is -2.13. The summed E-state index contributed by atoms with van der Waals surface area (Å²) in [7, 11) is 0. The average molecular weight is 391 g/mol. The topological polar surface area (TPSA) is 35.2 Å². The van der Waals surface area contributed by atoms with Crippen molar-refractivity contribution in [2.75, 3.05) is 6.61 Å². The Kier molecular flexibility index (Phi) is 4.84. The van der Waals surface area contributed by atoms with Gasteiger partial charge in [0.1, 0.15) is 5.75 Å². The molecule has 1 aromatic carbocycles. The zero-order valence-corrected chi connectivity index (χ0v) is 13.8. The monoisotopic (exact) mass is 389 g/mol. The quantitative estimate of drug-likeness (QED) is 0.819. The number of nitrogens with two attached hydrogens (primary N) is 1. The molecule has 96 valence electrons. The maximum absolute atomic E-state index is 6.27. The van der Waals surface area contributed by atoms with E-state index in [0.29, 0.717) is 6.61 Å². The summed E-state index contributed by atoms with van der Waals surface area (Å²) < 4.78 is 7.49. The third-order valence-corrected chi connectivity index (χ3v) is 5.12. The van der Waals surface area contributed by atoms with Gasteiger partial charge in [0.25, 0.3) is 0 Å². The molecule has 0 aliphatic carbocycles. The van der Waals surface area contributed by atoms with Crippen LogP contribution in [0.3, 0.4) is 0 Å². The molecule has 0 fully saturated rings. The Bertz CT molecular complexity index is 542. The molecule has 5 heteroatoms. The van der Waals surface area contributed by atoms with E-state index in [1.807, 2.05) is 36.6 Å². The van der Waals surface area contributed by atoms with Crippen LogP contribution in [0.2, 0.25) is 0 Å². The van der Waals surface area contributed by atoms with Crippen molar-refractivity contribution in [2.24, 2.45) is 5.73 Å². The van der Waals surface area contributed by atoms with Crippen LogP contribution in [0.4, 0.5) is 0 Å².